The molecule has 0 amide bonds. The van der Waals surface area contributed by atoms with Crippen LogP contribution in [0, 0.1) is 0 Å². The summed E-state index contributed by atoms with van der Waals surface area (Å²) < 4.78 is 37.7. The molecular formula is C8H13F3N2. The average Bonchev–Trinajstić information content (AvgIpc) is 2.63. The van der Waals surface area contributed by atoms with Crippen molar-refractivity contribution in [1.29, 1.82) is 0 Å². The summed E-state index contributed by atoms with van der Waals surface area (Å²) in [7, 11) is 0. The summed E-state index contributed by atoms with van der Waals surface area (Å²) in [5.41, 5.74) is 0. The van der Waals surface area contributed by atoms with E-state index in [9.17, 15) is 13.2 Å². The van der Waals surface area contributed by atoms with Gasteiger partial charge in [-0.3, -0.25) is 0 Å². The van der Waals surface area contributed by atoms with E-state index in [0.29, 0.717) is 32.4 Å². The normalized spacial score (nSPS) is 30.0. The molecule has 2 rings (SSSR count). The molecule has 0 aromatic carbocycles. The standard InChI is InChI=1S/C8H13F3N2/c9-8(10,11)13(6-1-2-6)7-3-4-12-5-7/h6-7,12H,1-5H2/t7-/m1/s1. The van der Waals surface area contributed by atoms with Crippen LogP contribution in [0.25, 0.3) is 0 Å². The molecule has 1 atom stereocenters. The molecule has 1 heterocycles. The lowest BCUT2D eigenvalue weighted by Crippen LogP contribution is -2.48. The van der Waals surface area contributed by atoms with Crippen LogP contribution in [0.3, 0.4) is 0 Å². The lowest BCUT2D eigenvalue weighted by atomic mass is 10.2. The van der Waals surface area contributed by atoms with Crippen molar-refractivity contribution in [3.63, 3.8) is 0 Å². The third kappa shape index (κ3) is 1.96. The Bertz CT molecular complexity index is 182. The smallest absolute Gasteiger partial charge is 0.315 e. The van der Waals surface area contributed by atoms with E-state index in [-0.39, 0.29) is 12.1 Å². The number of nitrogens with one attached hydrogen (secondary N) is 1. The highest BCUT2D eigenvalue weighted by atomic mass is 19.4. The van der Waals surface area contributed by atoms with Gasteiger partial charge in [0, 0.05) is 18.6 Å². The van der Waals surface area contributed by atoms with Gasteiger partial charge in [0.1, 0.15) is 0 Å². The minimum atomic E-state index is -4.14. The molecule has 2 nitrogen and oxygen atoms in total. The monoisotopic (exact) mass is 194 g/mol. The second kappa shape index (κ2) is 3.13. The maximum Gasteiger partial charge on any atom is 0.460 e. The highest BCUT2D eigenvalue weighted by molar-refractivity contribution is 4.93. The summed E-state index contributed by atoms with van der Waals surface area (Å²) >= 11 is 0. The molecule has 2 aliphatic rings. The molecule has 0 bridgehead atoms. The van der Waals surface area contributed by atoms with Gasteiger partial charge in [-0.25, -0.2) is 4.90 Å². The molecule has 1 saturated heterocycles. The van der Waals surface area contributed by atoms with Gasteiger partial charge in [0.05, 0.1) is 0 Å². The van der Waals surface area contributed by atoms with Crippen LogP contribution in [-0.4, -0.2) is 36.4 Å². The van der Waals surface area contributed by atoms with Crippen molar-refractivity contribution in [2.45, 2.75) is 37.6 Å². The van der Waals surface area contributed by atoms with Crippen molar-refractivity contribution >= 4 is 0 Å². The van der Waals surface area contributed by atoms with Crippen LogP contribution in [0.15, 0.2) is 0 Å². The van der Waals surface area contributed by atoms with Crippen molar-refractivity contribution in [1.82, 2.24) is 10.2 Å². The summed E-state index contributed by atoms with van der Waals surface area (Å²) in [6, 6.07) is -0.558. The fourth-order valence-electron chi connectivity index (χ4n) is 1.94. The van der Waals surface area contributed by atoms with Crippen molar-refractivity contribution in [2.24, 2.45) is 0 Å². The van der Waals surface area contributed by atoms with Gasteiger partial charge in [-0.05, 0) is 25.8 Å². The third-order valence-electron chi connectivity index (χ3n) is 2.66. The number of rotatable bonds is 2. The Hall–Kier alpha value is -0.290. The van der Waals surface area contributed by atoms with Gasteiger partial charge in [-0.15, -0.1) is 0 Å². The van der Waals surface area contributed by atoms with E-state index >= 15 is 0 Å². The Kier molecular flexibility index (Phi) is 2.23. The average molecular weight is 194 g/mol. The van der Waals surface area contributed by atoms with Gasteiger partial charge in [0.2, 0.25) is 0 Å². The molecule has 76 valence electrons. The zero-order valence-corrected chi connectivity index (χ0v) is 7.27. The molecule has 1 aliphatic carbocycles. The van der Waals surface area contributed by atoms with E-state index in [1.54, 1.807) is 0 Å². The van der Waals surface area contributed by atoms with E-state index in [1.807, 2.05) is 0 Å². The first-order valence-corrected chi connectivity index (χ1v) is 4.65. The predicted molar refractivity (Wildman–Crippen MR) is 42.2 cm³/mol. The molecule has 1 saturated carbocycles. The van der Waals surface area contributed by atoms with Gasteiger partial charge in [-0.1, -0.05) is 0 Å². The lowest BCUT2D eigenvalue weighted by molar-refractivity contribution is -0.260. The molecule has 0 unspecified atom stereocenters. The Balaban J connectivity index is 2.03. The van der Waals surface area contributed by atoms with Crippen molar-refractivity contribution in [3.05, 3.63) is 0 Å². The van der Waals surface area contributed by atoms with Crippen molar-refractivity contribution in [2.75, 3.05) is 13.1 Å². The SMILES string of the molecule is FC(F)(F)N(C1CC1)[C@@H]1CCNC1. The van der Waals surface area contributed by atoms with Gasteiger partial charge in [-0.2, -0.15) is 13.2 Å². The van der Waals surface area contributed by atoms with Crippen LogP contribution >= 0.6 is 0 Å². The van der Waals surface area contributed by atoms with Crippen LogP contribution in [0.5, 0.6) is 0 Å². The number of nitrogens with zero attached hydrogens (tertiary/aromatic N) is 1. The van der Waals surface area contributed by atoms with E-state index in [2.05, 4.69) is 5.32 Å². The maximum atomic E-state index is 12.6. The molecule has 0 aromatic rings. The van der Waals surface area contributed by atoms with E-state index in [1.165, 1.54) is 0 Å². The summed E-state index contributed by atoms with van der Waals surface area (Å²) in [6.07, 6.45) is -2.11. The summed E-state index contributed by atoms with van der Waals surface area (Å²) in [4.78, 5) is 0.743. The zero-order valence-electron chi connectivity index (χ0n) is 7.27. The molecule has 1 N–H and O–H groups in total. The quantitative estimate of drug-likeness (QED) is 0.667. The maximum absolute atomic E-state index is 12.6. The Morgan fingerprint density at radius 1 is 1.08 bits per heavy atom. The van der Waals surface area contributed by atoms with E-state index in [0.717, 1.165) is 4.90 Å². The first-order valence-electron chi connectivity index (χ1n) is 4.65. The topological polar surface area (TPSA) is 15.3 Å². The Labute approximate surface area is 75.1 Å². The molecular weight excluding hydrogens is 181 g/mol. The first kappa shape index (κ1) is 9.27. The van der Waals surface area contributed by atoms with E-state index < -0.39 is 6.30 Å². The highest BCUT2D eigenvalue weighted by Gasteiger charge is 2.50. The molecule has 0 radical (unpaired) electrons. The van der Waals surface area contributed by atoms with Crippen LogP contribution < -0.4 is 5.32 Å². The van der Waals surface area contributed by atoms with Crippen molar-refractivity contribution < 1.29 is 13.2 Å². The highest BCUT2D eigenvalue weighted by Crippen LogP contribution is 2.38. The molecule has 0 aromatic heterocycles. The number of halogens is 3. The molecule has 5 heteroatoms. The van der Waals surface area contributed by atoms with Gasteiger partial charge < -0.3 is 5.32 Å². The lowest BCUT2D eigenvalue weighted by Gasteiger charge is -2.29. The minimum Gasteiger partial charge on any atom is -0.315 e. The number of alkyl halides is 3. The number of hydrogen-bond acceptors (Lipinski definition) is 2. The minimum absolute atomic E-state index is 0.232. The fourth-order valence-corrected chi connectivity index (χ4v) is 1.94. The van der Waals surface area contributed by atoms with Crippen LogP contribution in [0.2, 0.25) is 0 Å². The Morgan fingerprint density at radius 2 is 1.77 bits per heavy atom. The summed E-state index contributed by atoms with van der Waals surface area (Å²) in [5.74, 6) is 0. The first-order chi connectivity index (χ1) is 6.09. The largest absolute Gasteiger partial charge is 0.460 e. The third-order valence-corrected chi connectivity index (χ3v) is 2.66. The van der Waals surface area contributed by atoms with Crippen LogP contribution in [0.4, 0.5) is 13.2 Å². The number of hydrogen-bond donors (Lipinski definition) is 1. The van der Waals surface area contributed by atoms with Crippen LogP contribution in [-0.2, 0) is 0 Å². The summed E-state index contributed by atoms with van der Waals surface area (Å²) in [6.45, 7) is 1.19. The molecule has 1 aliphatic heterocycles. The Morgan fingerprint density at radius 3 is 2.15 bits per heavy atom. The fraction of sp³-hybridized carbons (Fsp3) is 1.00. The second-order valence-corrected chi connectivity index (χ2v) is 3.75. The molecule has 2 fully saturated rings. The van der Waals surface area contributed by atoms with Gasteiger partial charge in [0.25, 0.3) is 0 Å². The second-order valence-electron chi connectivity index (χ2n) is 3.75. The molecule has 0 spiro atoms. The van der Waals surface area contributed by atoms with Crippen LogP contribution in [0.1, 0.15) is 19.3 Å². The predicted octanol–water partition coefficient (Wildman–Crippen LogP) is 1.33. The van der Waals surface area contributed by atoms with E-state index in [4.69, 9.17) is 0 Å². The molecule has 13 heavy (non-hydrogen) atoms. The van der Waals surface area contributed by atoms with Gasteiger partial charge >= 0.3 is 6.30 Å². The van der Waals surface area contributed by atoms with Crippen molar-refractivity contribution in [3.8, 4) is 0 Å². The zero-order chi connectivity index (χ0) is 9.47. The summed E-state index contributed by atoms with van der Waals surface area (Å²) in [5, 5.41) is 2.97. The van der Waals surface area contributed by atoms with Gasteiger partial charge in [0.15, 0.2) is 0 Å².